The van der Waals surface area contributed by atoms with Crippen molar-refractivity contribution in [2.24, 2.45) is 0 Å². The summed E-state index contributed by atoms with van der Waals surface area (Å²) < 4.78 is 21.0. The molecule has 1 amide bonds. The molecule has 4 rings (SSSR count). The summed E-state index contributed by atoms with van der Waals surface area (Å²) in [7, 11) is 0. The molecule has 2 aromatic carbocycles. The maximum absolute atomic E-state index is 13.2. The van der Waals surface area contributed by atoms with Crippen molar-refractivity contribution in [3.05, 3.63) is 65.7 Å². The number of benzene rings is 2. The molecule has 1 aliphatic heterocycles. The predicted octanol–water partition coefficient (Wildman–Crippen LogP) is 4.50. The molecule has 7 nitrogen and oxygen atoms in total. The second-order valence-corrected chi connectivity index (χ2v) is 8.79. The molecule has 0 saturated carbocycles. The number of hydrogen-bond donors (Lipinski definition) is 2. The van der Waals surface area contributed by atoms with E-state index < -0.39 is 0 Å². The van der Waals surface area contributed by atoms with Crippen LogP contribution in [0.5, 0.6) is 0 Å². The predicted molar refractivity (Wildman–Crippen MR) is 128 cm³/mol. The summed E-state index contributed by atoms with van der Waals surface area (Å²) in [6.07, 6.45) is 2.98. The van der Waals surface area contributed by atoms with Gasteiger partial charge < -0.3 is 19.9 Å². The molecule has 0 aliphatic carbocycles. The van der Waals surface area contributed by atoms with Gasteiger partial charge in [0.25, 0.3) is 0 Å². The van der Waals surface area contributed by atoms with Crippen LogP contribution in [0.1, 0.15) is 31.2 Å². The number of thioether (sulfide) groups is 1. The molecule has 0 spiro atoms. The van der Waals surface area contributed by atoms with Gasteiger partial charge in [0.05, 0.1) is 24.9 Å². The Kier molecular flexibility index (Phi) is 7.96. The Morgan fingerprint density at radius 3 is 2.79 bits per heavy atom. The van der Waals surface area contributed by atoms with Crippen LogP contribution in [-0.2, 0) is 29.0 Å². The van der Waals surface area contributed by atoms with E-state index in [0.29, 0.717) is 18.2 Å². The lowest BCUT2D eigenvalue weighted by atomic mass is 10.1. The average molecular weight is 470 g/mol. The second-order valence-electron chi connectivity index (χ2n) is 7.85. The molecule has 3 aromatic rings. The van der Waals surface area contributed by atoms with E-state index in [2.05, 4.69) is 27.8 Å². The number of nitrogens with one attached hydrogen (secondary N) is 2. The van der Waals surface area contributed by atoms with Crippen LogP contribution in [0.3, 0.4) is 0 Å². The van der Waals surface area contributed by atoms with Crippen LogP contribution in [0.15, 0.2) is 53.7 Å². The number of aryl methyl sites for hydroxylation is 1. The summed E-state index contributed by atoms with van der Waals surface area (Å²) in [4.78, 5) is 12.6. The maximum Gasteiger partial charge on any atom is 0.234 e. The van der Waals surface area contributed by atoms with Gasteiger partial charge in [-0.3, -0.25) is 4.79 Å². The zero-order valence-electron chi connectivity index (χ0n) is 18.6. The minimum Gasteiger partial charge on any atom is -0.378 e. The second kappa shape index (κ2) is 11.3. The smallest absolute Gasteiger partial charge is 0.234 e. The van der Waals surface area contributed by atoms with Crippen molar-refractivity contribution in [2.45, 2.75) is 50.5 Å². The summed E-state index contributed by atoms with van der Waals surface area (Å²) in [5.74, 6) is 0.612. The molecule has 1 saturated heterocycles. The van der Waals surface area contributed by atoms with Gasteiger partial charge in [-0.15, -0.1) is 10.2 Å². The van der Waals surface area contributed by atoms with Crippen molar-refractivity contribution in [1.29, 1.82) is 0 Å². The normalized spacial score (nSPS) is 15.5. The van der Waals surface area contributed by atoms with Crippen LogP contribution in [0.2, 0.25) is 0 Å². The monoisotopic (exact) mass is 469 g/mol. The zero-order valence-corrected chi connectivity index (χ0v) is 19.4. The molecule has 1 aliphatic rings. The minimum absolute atomic E-state index is 0.0847. The molecule has 9 heteroatoms. The van der Waals surface area contributed by atoms with E-state index in [1.54, 1.807) is 12.1 Å². The Hall–Kier alpha value is -2.91. The standard InChI is InChI=1S/C24H28FN5O2S/c1-2-17-6-3-4-8-21(17)27-23(31)16-33-24-29-28-22(30(24)15-20-7-5-13-32-20)14-26-19-11-9-18(25)10-12-19/h3-4,6,8-12,20,26H,2,5,7,13-16H2,1H3,(H,27,31). The van der Waals surface area contributed by atoms with Crippen LogP contribution in [-0.4, -0.2) is 39.1 Å². The van der Waals surface area contributed by atoms with Crippen molar-refractivity contribution in [3.63, 3.8) is 0 Å². The number of carbonyl (C=O) groups is 1. The maximum atomic E-state index is 13.2. The first-order valence-corrected chi connectivity index (χ1v) is 12.1. The van der Waals surface area contributed by atoms with Crippen molar-refractivity contribution >= 4 is 29.0 Å². The Morgan fingerprint density at radius 2 is 2.03 bits per heavy atom. The lowest BCUT2D eigenvalue weighted by Crippen LogP contribution is -2.20. The molecule has 1 aromatic heterocycles. The van der Waals surface area contributed by atoms with Gasteiger partial charge in [-0.2, -0.15) is 0 Å². The summed E-state index contributed by atoms with van der Waals surface area (Å²) in [6.45, 7) is 3.89. The summed E-state index contributed by atoms with van der Waals surface area (Å²) in [6, 6.07) is 14.0. The van der Waals surface area contributed by atoms with E-state index in [-0.39, 0.29) is 23.6 Å². The Balaban J connectivity index is 1.42. The zero-order chi connectivity index (χ0) is 23.0. The molecule has 1 fully saturated rings. The fourth-order valence-electron chi connectivity index (χ4n) is 3.75. The lowest BCUT2D eigenvalue weighted by Gasteiger charge is -2.15. The number of nitrogens with zero attached hydrogens (tertiary/aromatic N) is 3. The van der Waals surface area contributed by atoms with Gasteiger partial charge in [-0.1, -0.05) is 36.9 Å². The van der Waals surface area contributed by atoms with Crippen molar-refractivity contribution in [1.82, 2.24) is 14.8 Å². The third-order valence-electron chi connectivity index (χ3n) is 5.50. The van der Waals surface area contributed by atoms with E-state index in [1.807, 2.05) is 28.8 Å². The largest absolute Gasteiger partial charge is 0.378 e. The molecule has 0 radical (unpaired) electrons. The van der Waals surface area contributed by atoms with Gasteiger partial charge in [0, 0.05) is 18.0 Å². The highest BCUT2D eigenvalue weighted by molar-refractivity contribution is 7.99. The highest BCUT2D eigenvalue weighted by Crippen LogP contribution is 2.23. The van der Waals surface area contributed by atoms with Crippen LogP contribution in [0.4, 0.5) is 15.8 Å². The molecule has 174 valence electrons. The van der Waals surface area contributed by atoms with E-state index >= 15 is 0 Å². The number of halogens is 1. The van der Waals surface area contributed by atoms with Crippen LogP contribution in [0.25, 0.3) is 0 Å². The molecule has 1 unspecified atom stereocenters. The van der Waals surface area contributed by atoms with Gasteiger partial charge in [0.1, 0.15) is 5.82 Å². The van der Waals surface area contributed by atoms with E-state index in [0.717, 1.165) is 48.6 Å². The van der Waals surface area contributed by atoms with Gasteiger partial charge in [-0.05, 0) is 55.2 Å². The molecular weight excluding hydrogens is 441 g/mol. The highest BCUT2D eigenvalue weighted by Gasteiger charge is 2.21. The molecule has 1 atom stereocenters. The Morgan fingerprint density at radius 1 is 1.21 bits per heavy atom. The van der Waals surface area contributed by atoms with Gasteiger partial charge in [0.15, 0.2) is 11.0 Å². The highest BCUT2D eigenvalue weighted by atomic mass is 32.2. The first-order chi connectivity index (χ1) is 16.1. The molecular formula is C24H28FN5O2S. The topological polar surface area (TPSA) is 81.1 Å². The number of amides is 1. The first kappa shape index (κ1) is 23.3. The van der Waals surface area contributed by atoms with Crippen LogP contribution in [0, 0.1) is 5.82 Å². The molecule has 0 bridgehead atoms. The van der Waals surface area contributed by atoms with E-state index in [9.17, 15) is 9.18 Å². The van der Waals surface area contributed by atoms with E-state index in [1.165, 1.54) is 23.9 Å². The molecule has 33 heavy (non-hydrogen) atoms. The Bertz CT molecular complexity index is 1070. The third-order valence-corrected chi connectivity index (χ3v) is 6.47. The number of ether oxygens (including phenoxy) is 1. The van der Waals surface area contributed by atoms with Crippen molar-refractivity contribution < 1.29 is 13.9 Å². The number of aromatic nitrogens is 3. The van der Waals surface area contributed by atoms with Gasteiger partial charge in [-0.25, -0.2) is 4.39 Å². The van der Waals surface area contributed by atoms with Crippen molar-refractivity contribution in [2.75, 3.05) is 23.0 Å². The quantitative estimate of drug-likeness (QED) is 0.426. The minimum atomic E-state index is -0.277. The first-order valence-electron chi connectivity index (χ1n) is 11.2. The van der Waals surface area contributed by atoms with E-state index in [4.69, 9.17) is 4.74 Å². The lowest BCUT2D eigenvalue weighted by molar-refractivity contribution is -0.113. The number of hydrogen-bond acceptors (Lipinski definition) is 6. The fraction of sp³-hybridized carbons (Fsp3) is 0.375. The van der Waals surface area contributed by atoms with Crippen LogP contribution >= 0.6 is 11.8 Å². The third kappa shape index (κ3) is 6.33. The van der Waals surface area contributed by atoms with Crippen LogP contribution < -0.4 is 10.6 Å². The molecule has 2 heterocycles. The number of carbonyl (C=O) groups excluding carboxylic acids is 1. The Labute approximate surface area is 197 Å². The molecule has 2 N–H and O–H groups in total. The SMILES string of the molecule is CCc1ccccc1NC(=O)CSc1nnc(CNc2ccc(F)cc2)n1CC1CCCO1. The van der Waals surface area contributed by atoms with Crippen molar-refractivity contribution in [3.8, 4) is 0 Å². The summed E-state index contributed by atoms with van der Waals surface area (Å²) in [5, 5.41) is 15.6. The summed E-state index contributed by atoms with van der Waals surface area (Å²) >= 11 is 1.36. The fourth-order valence-corrected chi connectivity index (χ4v) is 4.51. The summed E-state index contributed by atoms with van der Waals surface area (Å²) in [5.41, 5.74) is 2.74. The number of para-hydroxylation sites is 1. The number of anilines is 2. The number of rotatable bonds is 10. The average Bonchev–Trinajstić information content (AvgIpc) is 3.48. The van der Waals surface area contributed by atoms with Gasteiger partial charge >= 0.3 is 0 Å². The van der Waals surface area contributed by atoms with Gasteiger partial charge in [0.2, 0.25) is 5.91 Å².